The summed E-state index contributed by atoms with van der Waals surface area (Å²) in [7, 11) is 0. The smallest absolute Gasteiger partial charge is 0.339 e. The number of furan rings is 1. The highest BCUT2D eigenvalue weighted by molar-refractivity contribution is 5.92. The van der Waals surface area contributed by atoms with Gasteiger partial charge in [-0.15, -0.1) is 0 Å². The molecule has 5 saturated heterocycles. The van der Waals surface area contributed by atoms with Crippen molar-refractivity contribution in [2.45, 2.75) is 146 Å². The third-order valence-corrected chi connectivity index (χ3v) is 18.1. The summed E-state index contributed by atoms with van der Waals surface area (Å²) < 4.78 is 32.5. The van der Waals surface area contributed by atoms with Crippen molar-refractivity contribution in [2.24, 2.45) is 57.7 Å². The molecule has 5 aliphatic heterocycles. The monoisotopic (exact) mass is 788 g/mol. The predicted octanol–water partition coefficient (Wildman–Crippen LogP) is 4.31. The Morgan fingerprint density at radius 1 is 0.947 bits per heavy atom. The molecule has 1 aromatic heterocycles. The fraction of sp³-hybridized carbons (Fsp3) is 0.800. The van der Waals surface area contributed by atoms with Gasteiger partial charge in [-0.1, -0.05) is 38.3 Å². The molecule has 4 saturated carbocycles. The van der Waals surface area contributed by atoms with Crippen LogP contribution in [0.1, 0.15) is 109 Å². The van der Waals surface area contributed by atoms with E-state index in [4.69, 9.17) is 23.4 Å². The minimum absolute atomic E-state index is 0.0501. The first-order valence-electron chi connectivity index (χ1n) is 22.2. The number of hydrogen-bond acceptors (Lipinski definition) is 12. The van der Waals surface area contributed by atoms with Gasteiger partial charge in [0.2, 0.25) is 0 Å². The quantitative estimate of drug-likeness (QED) is 0.190. The Morgan fingerprint density at radius 3 is 2.56 bits per heavy atom. The second-order valence-electron chi connectivity index (χ2n) is 20.6. The van der Waals surface area contributed by atoms with E-state index in [-0.39, 0.29) is 48.5 Å². The van der Waals surface area contributed by atoms with Crippen LogP contribution in [0.25, 0.3) is 0 Å². The fourth-order valence-corrected chi connectivity index (χ4v) is 16.0. The fourth-order valence-electron chi connectivity index (χ4n) is 16.0. The number of aliphatic hydroxyl groups is 2. The molecular weight excluding hydrogens is 728 g/mol. The summed E-state index contributed by atoms with van der Waals surface area (Å²) in [6, 6.07) is 2.35. The molecule has 57 heavy (non-hydrogen) atoms. The standard InChI is InChI=1S/C45H60N2O10/c1-41(2)36-35(50)37(51)44(25-7-5-4-6-8-25)32(43(36)21-54-34(49)19-33(43)56-41)13-15-42(3)38(55-40(52)39-45(42,44)57-39)27-14-16-53-31(27)18-28-26-11-9-24(29-20-46-22-47-29)17-23(26)10-12-30(28)48/h9,11,14,16,23-26,28-30,32-33,36-39,46-48,51H,4-8,10,12-13,15,17-22H2,1-3H3. The first kappa shape index (κ1) is 37.4. The lowest BCUT2D eigenvalue weighted by atomic mass is 9.33. The molecule has 0 amide bonds. The van der Waals surface area contributed by atoms with Crippen LogP contribution in [0.3, 0.4) is 0 Å². The molecule has 6 heterocycles. The molecule has 2 spiro atoms. The number of Topliss-reactive ketones (excluding diaryl/α,β-unsaturated/α-hetero) is 1. The highest BCUT2D eigenvalue weighted by Gasteiger charge is 2.92. The molecule has 0 bridgehead atoms. The van der Waals surface area contributed by atoms with Crippen molar-refractivity contribution in [2.75, 3.05) is 19.8 Å². The Labute approximate surface area is 334 Å². The third kappa shape index (κ3) is 4.74. The summed E-state index contributed by atoms with van der Waals surface area (Å²) in [6.45, 7) is 7.83. The SMILES string of the molecule is CC1(C)OC2CC(=O)OCC23C1C(=O)C(O)C1(C2CCCCC2)C3CCC2(C)C(c3ccoc3CC3C(O)CCC4CC(C5CNCN5)C=CC43)OC(=O)C3OC321. The van der Waals surface area contributed by atoms with Crippen LogP contribution in [0.15, 0.2) is 28.9 Å². The number of allylic oxidation sites excluding steroid dienone is 1. The number of esters is 2. The average molecular weight is 789 g/mol. The van der Waals surface area contributed by atoms with E-state index in [0.717, 1.165) is 70.1 Å². The van der Waals surface area contributed by atoms with E-state index >= 15 is 4.79 Å². The van der Waals surface area contributed by atoms with E-state index in [1.54, 1.807) is 6.26 Å². The molecule has 11 rings (SSSR count). The number of ether oxygens (including phenoxy) is 4. The van der Waals surface area contributed by atoms with Crippen LogP contribution in [0.5, 0.6) is 0 Å². The van der Waals surface area contributed by atoms with Crippen LogP contribution in [0, 0.1) is 57.7 Å². The Morgan fingerprint density at radius 2 is 1.77 bits per heavy atom. The van der Waals surface area contributed by atoms with Gasteiger partial charge in [-0.25, -0.2) is 4.79 Å². The van der Waals surface area contributed by atoms with Crippen molar-refractivity contribution in [1.82, 2.24) is 10.6 Å². The maximum absolute atomic E-state index is 15.2. The summed E-state index contributed by atoms with van der Waals surface area (Å²) in [5.74, 6) is -0.365. The van der Waals surface area contributed by atoms with Gasteiger partial charge < -0.3 is 38.9 Å². The number of hydrogen-bond donors (Lipinski definition) is 4. The highest BCUT2D eigenvalue weighted by Crippen LogP contribution is 2.82. The zero-order valence-corrected chi connectivity index (χ0v) is 33.6. The van der Waals surface area contributed by atoms with Crippen molar-refractivity contribution < 1.29 is 48.0 Å². The lowest BCUT2D eigenvalue weighted by Crippen LogP contribution is -2.79. The van der Waals surface area contributed by atoms with Crippen LogP contribution in [0.4, 0.5) is 0 Å². The lowest BCUT2D eigenvalue weighted by molar-refractivity contribution is -0.275. The van der Waals surface area contributed by atoms with Crippen LogP contribution >= 0.6 is 0 Å². The zero-order valence-electron chi connectivity index (χ0n) is 33.6. The molecule has 12 heteroatoms. The molecule has 0 aromatic carbocycles. The molecule has 1 aromatic rings. The third-order valence-electron chi connectivity index (χ3n) is 18.1. The summed E-state index contributed by atoms with van der Waals surface area (Å²) in [4.78, 5) is 42.6. The maximum Gasteiger partial charge on any atom is 0.339 e. The normalized spacial score (nSPS) is 51.1. The molecular formula is C45H60N2O10. The van der Waals surface area contributed by atoms with Gasteiger partial charge in [0.15, 0.2) is 11.9 Å². The number of epoxide rings is 1. The van der Waals surface area contributed by atoms with E-state index in [0.29, 0.717) is 42.9 Å². The first-order chi connectivity index (χ1) is 27.4. The molecule has 12 nitrogen and oxygen atoms in total. The minimum atomic E-state index is -1.40. The van der Waals surface area contributed by atoms with E-state index in [2.05, 4.69) is 29.7 Å². The van der Waals surface area contributed by atoms with Gasteiger partial charge in [0.25, 0.3) is 0 Å². The largest absolute Gasteiger partial charge is 0.469 e. The molecule has 10 aliphatic rings. The van der Waals surface area contributed by atoms with Crippen LogP contribution in [-0.2, 0) is 39.8 Å². The lowest BCUT2D eigenvalue weighted by Gasteiger charge is -2.70. The average Bonchev–Trinajstić information content (AvgIpc) is 3.46. The second-order valence-corrected chi connectivity index (χ2v) is 20.6. The van der Waals surface area contributed by atoms with Crippen molar-refractivity contribution in [3.05, 3.63) is 35.8 Å². The summed E-state index contributed by atoms with van der Waals surface area (Å²) >= 11 is 0. The van der Waals surface area contributed by atoms with E-state index in [1.807, 2.05) is 19.9 Å². The zero-order chi connectivity index (χ0) is 39.3. The molecule has 16 atom stereocenters. The summed E-state index contributed by atoms with van der Waals surface area (Å²) in [6.07, 6.45) is 11.5. The Bertz CT molecular complexity index is 1870. The molecule has 9 fully saturated rings. The molecule has 0 radical (unpaired) electrons. The van der Waals surface area contributed by atoms with Gasteiger partial charge in [0.05, 0.1) is 36.4 Å². The van der Waals surface area contributed by atoms with Crippen LogP contribution in [0.2, 0.25) is 0 Å². The number of nitrogens with one attached hydrogen (secondary N) is 2. The number of rotatable bonds is 5. The predicted molar refractivity (Wildman–Crippen MR) is 203 cm³/mol. The minimum Gasteiger partial charge on any atom is -0.469 e. The molecule has 16 unspecified atom stereocenters. The number of carbonyl (C=O) groups excluding carboxylic acids is 3. The van der Waals surface area contributed by atoms with Gasteiger partial charge in [0, 0.05) is 47.5 Å². The van der Waals surface area contributed by atoms with Gasteiger partial charge in [0.1, 0.15) is 30.2 Å². The van der Waals surface area contributed by atoms with E-state index in [9.17, 15) is 19.8 Å². The topological polar surface area (TPSA) is 169 Å². The Kier molecular flexibility index (Phi) is 8.34. The second kappa shape index (κ2) is 12.7. The van der Waals surface area contributed by atoms with E-state index < -0.39 is 69.9 Å². The number of cyclic esters (lactones) is 2. The molecule has 310 valence electrons. The van der Waals surface area contributed by atoms with Crippen LogP contribution < -0.4 is 10.6 Å². The van der Waals surface area contributed by atoms with Crippen molar-refractivity contribution in [3.63, 3.8) is 0 Å². The van der Waals surface area contributed by atoms with Crippen molar-refractivity contribution in [3.8, 4) is 0 Å². The Balaban J connectivity index is 0.997. The summed E-state index contributed by atoms with van der Waals surface area (Å²) in [5.41, 5.74) is -4.16. The molecule has 5 aliphatic carbocycles. The highest BCUT2D eigenvalue weighted by atomic mass is 16.7. The van der Waals surface area contributed by atoms with Gasteiger partial charge in [-0.05, 0) is 100 Å². The van der Waals surface area contributed by atoms with Gasteiger partial charge >= 0.3 is 11.9 Å². The number of carbonyl (C=O) groups is 3. The van der Waals surface area contributed by atoms with Crippen LogP contribution in [-0.4, -0.2) is 89.4 Å². The number of aliphatic hydroxyl groups excluding tert-OH is 2. The van der Waals surface area contributed by atoms with E-state index in [1.165, 1.54) is 0 Å². The van der Waals surface area contributed by atoms with Crippen molar-refractivity contribution in [1.29, 1.82) is 0 Å². The van der Waals surface area contributed by atoms with Crippen molar-refractivity contribution >= 4 is 17.7 Å². The number of ketones is 1. The first-order valence-corrected chi connectivity index (χ1v) is 22.2. The number of fused-ring (bicyclic) bond motifs is 2. The summed E-state index contributed by atoms with van der Waals surface area (Å²) in [5, 5.41) is 31.6. The van der Waals surface area contributed by atoms with Gasteiger partial charge in [-0.3, -0.25) is 14.9 Å². The van der Waals surface area contributed by atoms with Gasteiger partial charge in [-0.2, -0.15) is 0 Å². The Hall–Kier alpha value is -2.61. The molecule has 4 N–H and O–H groups in total. The maximum atomic E-state index is 15.2.